The van der Waals surface area contributed by atoms with Gasteiger partial charge >= 0.3 is 5.97 Å². The molecule has 1 aromatic rings. The number of rotatable bonds is 5. The Morgan fingerprint density at radius 3 is 2.53 bits per heavy atom. The van der Waals surface area contributed by atoms with Crippen molar-refractivity contribution in [3.05, 3.63) is 35.9 Å². The average molecular weight is 286 g/mol. The first kappa shape index (κ1) is 16.0. The molecule has 1 saturated heterocycles. The molecule has 0 aliphatic carbocycles. The largest absolute Gasteiger partial charge is 0.480 e. The van der Waals surface area contributed by atoms with E-state index in [1.807, 2.05) is 30.3 Å². The highest BCUT2D eigenvalue weighted by atomic mass is 35.5. The summed E-state index contributed by atoms with van der Waals surface area (Å²) in [5, 5.41) is 12.5. The molecule has 4 nitrogen and oxygen atoms in total. The Morgan fingerprint density at radius 1 is 1.32 bits per heavy atom. The van der Waals surface area contributed by atoms with Crippen molar-refractivity contribution in [2.24, 2.45) is 5.92 Å². The van der Waals surface area contributed by atoms with Gasteiger partial charge in [0.05, 0.1) is 0 Å². The van der Waals surface area contributed by atoms with Gasteiger partial charge in [-0.15, -0.1) is 12.4 Å². The van der Waals surface area contributed by atoms with Gasteiger partial charge < -0.3 is 15.2 Å². The third-order valence-corrected chi connectivity index (χ3v) is 3.37. The number of halogens is 1. The summed E-state index contributed by atoms with van der Waals surface area (Å²) in [6.45, 7) is 1.93. The Balaban J connectivity index is 0.00000180. The second kappa shape index (κ2) is 8.15. The maximum absolute atomic E-state index is 11.3. The normalized spacial score (nSPS) is 17.5. The van der Waals surface area contributed by atoms with Crippen LogP contribution in [-0.2, 0) is 16.1 Å². The molecule has 5 heteroatoms. The lowest BCUT2D eigenvalue weighted by Gasteiger charge is -2.28. The van der Waals surface area contributed by atoms with Crippen LogP contribution in [0.3, 0.4) is 0 Å². The monoisotopic (exact) mass is 285 g/mol. The van der Waals surface area contributed by atoms with Crippen molar-refractivity contribution < 1.29 is 14.6 Å². The molecule has 1 aromatic carbocycles. The fraction of sp³-hybridized carbons (Fsp3) is 0.500. The number of ether oxygens (including phenoxy) is 1. The van der Waals surface area contributed by atoms with Gasteiger partial charge in [0, 0.05) is 19.8 Å². The molecule has 0 bridgehead atoms. The van der Waals surface area contributed by atoms with Crippen LogP contribution in [0.4, 0.5) is 0 Å². The highest BCUT2D eigenvalue weighted by Crippen LogP contribution is 2.19. The Kier molecular flexibility index (Phi) is 6.84. The zero-order valence-electron chi connectivity index (χ0n) is 10.7. The van der Waals surface area contributed by atoms with Gasteiger partial charge in [-0.1, -0.05) is 30.3 Å². The highest BCUT2D eigenvalue weighted by Gasteiger charge is 2.29. The Bertz CT molecular complexity index is 380. The van der Waals surface area contributed by atoms with Crippen LogP contribution in [0.1, 0.15) is 18.4 Å². The molecule has 2 rings (SSSR count). The van der Waals surface area contributed by atoms with Crippen LogP contribution in [0.2, 0.25) is 0 Å². The number of hydrogen-bond donors (Lipinski definition) is 2. The molecular formula is C14H20ClNO3. The van der Waals surface area contributed by atoms with Gasteiger partial charge in [0.25, 0.3) is 0 Å². The first-order valence-corrected chi connectivity index (χ1v) is 6.35. The first-order valence-electron chi connectivity index (χ1n) is 6.35. The van der Waals surface area contributed by atoms with Gasteiger partial charge in [-0.2, -0.15) is 0 Å². The molecule has 1 heterocycles. The van der Waals surface area contributed by atoms with Crippen LogP contribution in [-0.4, -0.2) is 30.3 Å². The van der Waals surface area contributed by atoms with E-state index in [4.69, 9.17) is 4.74 Å². The number of carboxylic acids is 1. The number of benzene rings is 1. The number of aliphatic carboxylic acids is 1. The molecule has 1 aliphatic heterocycles. The molecule has 1 aliphatic rings. The van der Waals surface area contributed by atoms with E-state index in [0.717, 1.165) is 18.4 Å². The average Bonchev–Trinajstić information content (AvgIpc) is 2.41. The van der Waals surface area contributed by atoms with E-state index in [2.05, 4.69) is 5.32 Å². The van der Waals surface area contributed by atoms with Crippen molar-refractivity contribution in [1.82, 2.24) is 5.32 Å². The minimum absolute atomic E-state index is 0. The molecule has 2 N–H and O–H groups in total. The van der Waals surface area contributed by atoms with Crippen LogP contribution in [0.5, 0.6) is 0 Å². The maximum Gasteiger partial charge on any atom is 0.320 e. The second-order valence-electron chi connectivity index (χ2n) is 4.63. The lowest BCUT2D eigenvalue weighted by molar-refractivity contribution is -0.142. The molecule has 0 saturated carbocycles. The number of nitrogens with one attached hydrogen (secondary N) is 1. The highest BCUT2D eigenvalue weighted by molar-refractivity contribution is 5.85. The lowest BCUT2D eigenvalue weighted by atomic mass is 9.91. The van der Waals surface area contributed by atoms with E-state index in [1.165, 1.54) is 0 Å². The fourth-order valence-electron chi connectivity index (χ4n) is 2.33. The Morgan fingerprint density at radius 2 is 1.95 bits per heavy atom. The van der Waals surface area contributed by atoms with Crippen LogP contribution in [0, 0.1) is 5.92 Å². The summed E-state index contributed by atoms with van der Waals surface area (Å²) in [4.78, 5) is 11.3. The van der Waals surface area contributed by atoms with Crippen LogP contribution in [0.25, 0.3) is 0 Å². The third-order valence-electron chi connectivity index (χ3n) is 3.37. The molecule has 0 amide bonds. The first-order chi connectivity index (χ1) is 8.77. The predicted molar refractivity (Wildman–Crippen MR) is 75.5 cm³/mol. The lowest BCUT2D eigenvalue weighted by Crippen LogP contribution is -2.44. The van der Waals surface area contributed by atoms with Crippen molar-refractivity contribution in [3.63, 3.8) is 0 Å². The summed E-state index contributed by atoms with van der Waals surface area (Å²) < 4.78 is 5.27. The van der Waals surface area contributed by atoms with Gasteiger partial charge in [-0.05, 0) is 24.3 Å². The zero-order chi connectivity index (χ0) is 12.8. The summed E-state index contributed by atoms with van der Waals surface area (Å²) in [6, 6.07) is 9.39. The summed E-state index contributed by atoms with van der Waals surface area (Å²) in [6.07, 6.45) is 1.64. The maximum atomic E-state index is 11.3. The standard InChI is InChI=1S/C14H19NO3.ClH/c16-14(17)13(12-6-8-18-9-7-12)15-10-11-4-2-1-3-5-11;/h1-5,12-13,15H,6-10H2,(H,16,17);1H. The summed E-state index contributed by atoms with van der Waals surface area (Å²) >= 11 is 0. The molecule has 106 valence electrons. The predicted octanol–water partition coefficient (Wildman–Crippen LogP) is 2.08. The smallest absolute Gasteiger partial charge is 0.320 e. The van der Waals surface area contributed by atoms with Gasteiger partial charge in [-0.3, -0.25) is 4.79 Å². The fourth-order valence-corrected chi connectivity index (χ4v) is 2.33. The Labute approximate surface area is 119 Å². The van der Waals surface area contributed by atoms with E-state index in [1.54, 1.807) is 0 Å². The van der Waals surface area contributed by atoms with Crippen molar-refractivity contribution >= 4 is 18.4 Å². The van der Waals surface area contributed by atoms with Crippen molar-refractivity contribution in [1.29, 1.82) is 0 Å². The molecule has 1 fully saturated rings. The molecular weight excluding hydrogens is 266 g/mol. The van der Waals surface area contributed by atoms with E-state index >= 15 is 0 Å². The zero-order valence-corrected chi connectivity index (χ0v) is 11.6. The van der Waals surface area contributed by atoms with E-state index in [0.29, 0.717) is 19.8 Å². The quantitative estimate of drug-likeness (QED) is 0.870. The third kappa shape index (κ3) is 4.82. The summed E-state index contributed by atoms with van der Waals surface area (Å²) in [5.74, 6) is -0.599. The minimum atomic E-state index is -0.766. The molecule has 0 spiro atoms. The second-order valence-corrected chi connectivity index (χ2v) is 4.63. The summed E-state index contributed by atoms with van der Waals surface area (Å²) in [5.41, 5.74) is 1.11. The van der Waals surface area contributed by atoms with Crippen molar-refractivity contribution in [2.75, 3.05) is 13.2 Å². The molecule has 0 aromatic heterocycles. The van der Waals surface area contributed by atoms with Crippen LogP contribution in [0.15, 0.2) is 30.3 Å². The Hall–Kier alpha value is -1.10. The van der Waals surface area contributed by atoms with Crippen LogP contribution < -0.4 is 5.32 Å². The molecule has 1 atom stereocenters. The van der Waals surface area contributed by atoms with E-state index in [-0.39, 0.29) is 18.3 Å². The number of hydrogen-bond acceptors (Lipinski definition) is 3. The number of carboxylic acid groups (broad SMARTS) is 1. The van der Waals surface area contributed by atoms with E-state index in [9.17, 15) is 9.90 Å². The van der Waals surface area contributed by atoms with Gasteiger partial charge in [-0.25, -0.2) is 0 Å². The van der Waals surface area contributed by atoms with Gasteiger partial charge in [0.1, 0.15) is 6.04 Å². The van der Waals surface area contributed by atoms with E-state index < -0.39 is 12.0 Å². The van der Waals surface area contributed by atoms with Gasteiger partial charge in [0.2, 0.25) is 0 Å². The topological polar surface area (TPSA) is 58.6 Å². The molecule has 0 radical (unpaired) electrons. The summed E-state index contributed by atoms with van der Waals surface area (Å²) in [7, 11) is 0. The van der Waals surface area contributed by atoms with Gasteiger partial charge in [0.15, 0.2) is 0 Å². The molecule has 1 unspecified atom stereocenters. The van der Waals surface area contributed by atoms with Crippen molar-refractivity contribution in [2.45, 2.75) is 25.4 Å². The van der Waals surface area contributed by atoms with Crippen molar-refractivity contribution in [3.8, 4) is 0 Å². The van der Waals surface area contributed by atoms with Crippen LogP contribution >= 0.6 is 12.4 Å². The SMILES string of the molecule is Cl.O=C(O)C(NCc1ccccc1)C1CCOCC1. The molecule has 19 heavy (non-hydrogen) atoms. The minimum Gasteiger partial charge on any atom is -0.480 e. The number of carbonyl (C=O) groups is 1.